The number of carbonyl (C=O) groups excluding carboxylic acids is 2. The molecule has 3 aromatic rings. The quantitative estimate of drug-likeness (QED) is 0.650. The molecule has 0 saturated carbocycles. The maximum atomic E-state index is 12.6. The van der Waals surface area contributed by atoms with Gasteiger partial charge in [-0.15, -0.1) is 0 Å². The van der Waals surface area contributed by atoms with E-state index >= 15 is 0 Å². The van der Waals surface area contributed by atoms with Crippen molar-refractivity contribution in [3.05, 3.63) is 59.7 Å². The molecule has 0 bridgehead atoms. The molecule has 6 nitrogen and oxygen atoms in total. The summed E-state index contributed by atoms with van der Waals surface area (Å²) < 4.78 is 5.62. The Morgan fingerprint density at radius 1 is 1.07 bits per heavy atom. The van der Waals surface area contributed by atoms with Crippen molar-refractivity contribution in [1.29, 1.82) is 0 Å². The van der Waals surface area contributed by atoms with Crippen LogP contribution < -0.4 is 0 Å². The molecule has 0 aliphatic carbocycles. The summed E-state index contributed by atoms with van der Waals surface area (Å²) in [7, 11) is 0. The van der Waals surface area contributed by atoms with Gasteiger partial charge in [0.1, 0.15) is 5.52 Å². The van der Waals surface area contributed by atoms with E-state index in [2.05, 4.69) is 4.98 Å². The van der Waals surface area contributed by atoms with Crippen molar-refractivity contribution < 1.29 is 14.0 Å². The molecule has 0 spiro atoms. The second-order valence-corrected chi connectivity index (χ2v) is 7.40. The van der Waals surface area contributed by atoms with E-state index < -0.39 is 0 Å². The SMILES string of the molecule is Cc1ccc(C(=O)N2CCN(C(=O)CSc3nc4ccccc4o3)C2)cc1. The third-order valence-electron chi connectivity index (χ3n) is 4.51. The van der Waals surface area contributed by atoms with Crippen LogP contribution >= 0.6 is 11.8 Å². The summed E-state index contributed by atoms with van der Waals surface area (Å²) in [6.45, 7) is 3.40. The summed E-state index contributed by atoms with van der Waals surface area (Å²) in [6, 6.07) is 15.0. The molecule has 0 atom stereocenters. The number of nitrogens with zero attached hydrogens (tertiary/aromatic N) is 3. The molecule has 0 N–H and O–H groups in total. The molecule has 1 aliphatic heterocycles. The van der Waals surface area contributed by atoms with Gasteiger partial charge in [0, 0.05) is 18.7 Å². The van der Waals surface area contributed by atoms with Crippen LogP contribution in [0.1, 0.15) is 15.9 Å². The predicted octanol–water partition coefficient (Wildman–Crippen LogP) is 3.17. The standard InChI is InChI=1S/C20H19N3O3S/c1-14-6-8-15(9-7-14)19(25)23-11-10-22(13-23)18(24)12-27-20-21-16-4-2-3-5-17(16)26-20/h2-9H,10-13H2,1H3. The zero-order chi connectivity index (χ0) is 18.8. The summed E-state index contributed by atoms with van der Waals surface area (Å²) in [5, 5.41) is 0.483. The molecule has 0 unspecified atom stereocenters. The van der Waals surface area contributed by atoms with Gasteiger partial charge in [0.2, 0.25) is 5.91 Å². The Bertz CT molecular complexity index is 951. The van der Waals surface area contributed by atoms with Gasteiger partial charge >= 0.3 is 0 Å². The summed E-state index contributed by atoms with van der Waals surface area (Å²) in [4.78, 5) is 32.8. The maximum absolute atomic E-state index is 12.6. The lowest BCUT2D eigenvalue weighted by molar-refractivity contribution is -0.127. The number of benzene rings is 2. The highest BCUT2D eigenvalue weighted by atomic mass is 32.2. The van der Waals surface area contributed by atoms with Crippen molar-refractivity contribution in [3.63, 3.8) is 0 Å². The van der Waals surface area contributed by atoms with E-state index in [9.17, 15) is 9.59 Å². The average Bonchev–Trinajstić information content (AvgIpc) is 3.33. The second-order valence-electron chi connectivity index (χ2n) is 6.47. The Morgan fingerprint density at radius 3 is 2.59 bits per heavy atom. The first-order valence-electron chi connectivity index (χ1n) is 8.72. The van der Waals surface area contributed by atoms with Crippen molar-refractivity contribution in [2.75, 3.05) is 25.5 Å². The van der Waals surface area contributed by atoms with E-state index in [4.69, 9.17) is 4.42 Å². The number of thioether (sulfide) groups is 1. The third kappa shape index (κ3) is 3.83. The number of hydrogen-bond acceptors (Lipinski definition) is 5. The molecule has 2 aromatic carbocycles. The Morgan fingerprint density at radius 2 is 1.81 bits per heavy atom. The molecule has 1 aliphatic rings. The van der Waals surface area contributed by atoms with Crippen LogP contribution in [-0.2, 0) is 4.79 Å². The van der Waals surface area contributed by atoms with Crippen LogP contribution in [0.2, 0.25) is 0 Å². The van der Waals surface area contributed by atoms with Crippen LogP contribution in [-0.4, -0.2) is 52.1 Å². The molecule has 2 amide bonds. The van der Waals surface area contributed by atoms with E-state index in [0.29, 0.717) is 36.1 Å². The lowest BCUT2D eigenvalue weighted by atomic mass is 10.1. The third-order valence-corrected chi connectivity index (χ3v) is 5.33. The average molecular weight is 381 g/mol. The van der Waals surface area contributed by atoms with E-state index in [-0.39, 0.29) is 17.6 Å². The van der Waals surface area contributed by atoms with Crippen LogP contribution in [0.3, 0.4) is 0 Å². The highest BCUT2D eigenvalue weighted by molar-refractivity contribution is 7.99. The zero-order valence-electron chi connectivity index (χ0n) is 14.9. The molecule has 1 fully saturated rings. The number of carbonyl (C=O) groups is 2. The van der Waals surface area contributed by atoms with Crippen LogP contribution in [0, 0.1) is 6.92 Å². The number of aromatic nitrogens is 1. The topological polar surface area (TPSA) is 66.7 Å². The Kier molecular flexibility index (Phi) is 4.85. The molecule has 0 radical (unpaired) electrons. The number of oxazole rings is 1. The van der Waals surface area contributed by atoms with Gasteiger partial charge in [-0.05, 0) is 31.2 Å². The van der Waals surface area contributed by atoms with E-state index in [1.54, 1.807) is 9.80 Å². The smallest absolute Gasteiger partial charge is 0.257 e. The van der Waals surface area contributed by atoms with Crippen LogP contribution in [0.5, 0.6) is 0 Å². The lowest BCUT2D eigenvalue weighted by Crippen LogP contribution is -2.34. The summed E-state index contributed by atoms with van der Waals surface area (Å²) in [5.41, 5.74) is 3.25. The fourth-order valence-corrected chi connectivity index (χ4v) is 3.71. The van der Waals surface area contributed by atoms with Gasteiger partial charge in [0.05, 0.1) is 12.4 Å². The number of para-hydroxylation sites is 2. The Labute approximate surface area is 161 Å². The largest absolute Gasteiger partial charge is 0.431 e. The van der Waals surface area contributed by atoms with Gasteiger partial charge in [0.25, 0.3) is 11.1 Å². The number of amides is 2. The van der Waals surface area contributed by atoms with Gasteiger partial charge in [0.15, 0.2) is 5.58 Å². The van der Waals surface area contributed by atoms with Gasteiger partial charge in [-0.3, -0.25) is 9.59 Å². The maximum Gasteiger partial charge on any atom is 0.257 e. The normalized spacial score (nSPS) is 14.1. The van der Waals surface area contributed by atoms with Crippen molar-refractivity contribution in [1.82, 2.24) is 14.8 Å². The molecule has 7 heteroatoms. The number of hydrogen-bond donors (Lipinski definition) is 0. The van der Waals surface area contributed by atoms with E-state index in [1.165, 1.54) is 11.8 Å². The molecule has 27 heavy (non-hydrogen) atoms. The summed E-state index contributed by atoms with van der Waals surface area (Å²) >= 11 is 1.28. The molecule has 138 valence electrons. The molecular weight excluding hydrogens is 362 g/mol. The molecular formula is C20H19N3O3S. The first kappa shape index (κ1) is 17.6. The van der Waals surface area contributed by atoms with Crippen LogP contribution in [0.15, 0.2) is 58.2 Å². The Hall–Kier alpha value is -2.80. The van der Waals surface area contributed by atoms with Gasteiger partial charge in [-0.2, -0.15) is 0 Å². The summed E-state index contributed by atoms with van der Waals surface area (Å²) in [6.07, 6.45) is 0. The number of aryl methyl sites for hydroxylation is 1. The molecule has 1 saturated heterocycles. The molecule has 1 aromatic heterocycles. The number of rotatable bonds is 4. The Balaban J connectivity index is 1.33. The lowest BCUT2D eigenvalue weighted by Gasteiger charge is -2.18. The van der Waals surface area contributed by atoms with Gasteiger partial charge in [-0.25, -0.2) is 4.98 Å². The molecule has 2 heterocycles. The van der Waals surface area contributed by atoms with E-state index in [1.807, 2.05) is 55.5 Å². The van der Waals surface area contributed by atoms with Crippen molar-refractivity contribution >= 4 is 34.7 Å². The molecule has 4 rings (SSSR count). The highest BCUT2D eigenvalue weighted by Gasteiger charge is 2.28. The van der Waals surface area contributed by atoms with Crippen molar-refractivity contribution in [2.45, 2.75) is 12.1 Å². The summed E-state index contributed by atoms with van der Waals surface area (Å²) in [5.74, 6) is 0.165. The highest BCUT2D eigenvalue weighted by Crippen LogP contribution is 2.23. The fraction of sp³-hybridized carbons (Fsp3) is 0.250. The minimum absolute atomic E-state index is 0.0264. The van der Waals surface area contributed by atoms with Crippen molar-refractivity contribution in [2.24, 2.45) is 0 Å². The predicted molar refractivity (Wildman–Crippen MR) is 104 cm³/mol. The van der Waals surface area contributed by atoms with Crippen LogP contribution in [0.25, 0.3) is 11.1 Å². The van der Waals surface area contributed by atoms with Gasteiger partial charge in [-0.1, -0.05) is 41.6 Å². The first-order chi connectivity index (χ1) is 13.1. The fourth-order valence-electron chi connectivity index (χ4n) is 2.96. The van der Waals surface area contributed by atoms with Crippen molar-refractivity contribution in [3.8, 4) is 0 Å². The zero-order valence-corrected chi connectivity index (χ0v) is 15.7. The first-order valence-corrected chi connectivity index (χ1v) is 9.71. The number of fused-ring (bicyclic) bond motifs is 1. The van der Waals surface area contributed by atoms with Crippen LogP contribution in [0.4, 0.5) is 0 Å². The minimum Gasteiger partial charge on any atom is -0.431 e. The van der Waals surface area contributed by atoms with E-state index in [0.717, 1.165) is 11.1 Å². The second kappa shape index (κ2) is 7.44. The monoisotopic (exact) mass is 381 g/mol. The van der Waals surface area contributed by atoms with Gasteiger partial charge < -0.3 is 14.2 Å². The minimum atomic E-state index is -0.0445.